The third-order valence-electron chi connectivity index (χ3n) is 6.65. The third-order valence-corrected chi connectivity index (χ3v) is 6.65. The number of aromatic nitrogens is 2. The van der Waals surface area contributed by atoms with Crippen molar-refractivity contribution in [2.45, 2.75) is 47.0 Å². The average Bonchev–Trinajstić information content (AvgIpc) is 2.95. The van der Waals surface area contributed by atoms with E-state index in [0.717, 1.165) is 28.9 Å². The third kappa shape index (κ3) is 8.55. The van der Waals surface area contributed by atoms with Crippen LogP contribution in [0.15, 0.2) is 103 Å². The Kier molecular flexibility index (Phi) is 11.3. The van der Waals surface area contributed by atoms with E-state index >= 15 is 0 Å². The van der Waals surface area contributed by atoms with Crippen LogP contribution in [-0.2, 0) is 26.5 Å². The summed E-state index contributed by atoms with van der Waals surface area (Å²) in [6, 6.07) is 37.8. The number of pyridine rings is 2. The Balaban J connectivity index is 0.000000211. The molecule has 0 amide bonds. The molecule has 0 aliphatic rings. The fourth-order valence-electron chi connectivity index (χ4n) is 4.39. The van der Waals surface area contributed by atoms with Crippen molar-refractivity contribution >= 4 is 0 Å². The van der Waals surface area contributed by atoms with E-state index in [0.29, 0.717) is 11.8 Å². The molecule has 0 N–H and O–H groups in total. The van der Waals surface area contributed by atoms with E-state index in [9.17, 15) is 0 Å². The average molecular weight is 689 g/mol. The first kappa shape index (κ1) is 30.2. The minimum Gasteiger partial charge on any atom is -0.305 e. The molecule has 2 aromatic heterocycles. The molecule has 0 saturated heterocycles. The summed E-state index contributed by atoms with van der Waals surface area (Å²) in [5, 5.41) is 0. The van der Waals surface area contributed by atoms with Crippen LogP contribution in [-0.4, -0.2) is 9.97 Å². The standard InChI is InChI=1S/C19H16N.C17H20N.Ir/c1-15(16-8-3-2-4-9-16)17-10-7-11-18(14-17)19-12-5-6-13-20-19;1-12(2)9-16-10-17(18-11-14(16)4)15-7-5-13(3)6-8-15;/h2-10,12-15H,1H3;5-7,10-12H,9H2,1-4H3;/q2*-1;. The molecule has 0 aliphatic carbocycles. The fourth-order valence-corrected chi connectivity index (χ4v) is 4.39. The second kappa shape index (κ2) is 14.7. The van der Waals surface area contributed by atoms with Crippen molar-refractivity contribution in [3.05, 3.63) is 143 Å². The number of rotatable bonds is 6. The van der Waals surface area contributed by atoms with Crippen LogP contribution in [0.1, 0.15) is 54.5 Å². The van der Waals surface area contributed by atoms with Gasteiger partial charge < -0.3 is 9.97 Å². The SMILES string of the molecule is CC(c1ccccc1)c1cc[c-]c(-c2ccccn2)c1.Cc1c[c-]c(-c2cc(CC(C)C)c(C)cn2)cc1.[Ir]. The quantitative estimate of drug-likeness (QED) is 0.167. The van der Waals surface area contributed by atoms with Crippen molar-refractivity contribution in [2.24, 2.45) is 5.92 Å². The Bertz CT molecular complexity index is 1430. The first-order valence-electron chi connectivity index (χ1n) is 13.3. The van der Waals surface area contributed by atoms with Gasteiger partial charge in [0.1, 0.15) is 0 Å². The summed E-state index contributed by atoms with van der Waals surface area (Å²) < 4.78 is 0. The molecule has 201 valence electrons. The first-order valence-corrected chi connectivity index (χ1v) is 13.3. The summed E-state index contributed by atoms with van der Waals surface area (Å²) in [5.74, 6) is 1.04. The van der Waals surface area contributed by atoms with E-state index in [1.807, 2.05) is 48.8 Å². The molecule has 0 aliphatic heterocycles. The van der Waals surface area contributed by atoms with E-state index in [1.54, 1.807) is 0 Å². The van der Waals surface area contributed by atoms with Crippen LogP contribution in [0.4, 0.5) is 0 Å². The maximum atomic E-state index is 4.51. The molecular weight excluding hydrogens is 653 g/mol. The maximum Gasteiger partial charge on any atom is 0.0192 e. The van der Waals surface area contributed by atoms with Crippen LogP contribution >= 0.6 is 0 Å². The largest absolute Gasteiger partial charge is 0.305 e. The predicted octanol–water partition coefficient (Wildman–Crippen LogP) is 9.06. The van der Waals surface area contributed by atoms with Crippen LogP contribution < -0.4 is 0 Å². The first-order chi connectivity index (χ1) is 18.4. The van der Waals surface area contributed by atoms with Gasteiger partial charge in [-0.3, -0.25) is 0 Å². The van der Waals surface area contributed by atoms with Crippen LogP contribution in [0.3, 0.4) is 0 Å². The normalized spacial score (nSPS) is 11.2. The summed E-state index contributed by atoms with van der Waals surface area (Å²) in [4.78, 5) is 8.91. The van der Waals surface area contributed by atoms with Gasteiger partial charge in [0, 0.05) is 32.5 Å². The minimum absolute atomic E-state index is 0. The van der Waals surface area contributed by atoms with Crippen LogP contribution in [0.2, 0.25) is 0 Å². The van der Waals surface area contributed by atoms with Crippen molar-refractivity contribution in [3.63, 3.8) is 0 Å². The molecule has 3 aromatic carbocycles. The van der Waals surface area contributed by atoms with Gasteiger partial charge in [-0.2, -0.15) is 0 Å². The van der Waals surface area contributed by atoms with Gasteiger partial charge in [-0.05, 0) is 53.8 Å². The zero-order valence-electron chi connectivity index (χ0n) is 23.4. The number of hydrogen-bond acceptors (Lipinski definition) is 2. The van der Waals surface area contributed by atoms with Gasteiger partial charge in [-0.15, -0.1) is 70.8 Å². The van der Waals surface area contributed by atoms with E-state index in [4.69, 9.17) is 0 Å². The van der Waals surface area contributed by atoms with Crippen molar-refractivity contribution in [3.8, 4) is 22.5 Å². The summed E-state index contributed by atoms with van der Waals surface area (Å²) in [6.07, 6.45) is 4.89. The molecule has 39 heavy (non-hydrogen) atoms. The number of aryl methyl sites for hydroxylation is 2. The van der Waals surface area contributed by atoms with Crippen LogP contribution in [0, 0.1) is 31.9 Å². The van der Waals surface area contributed by atoms with Gasteiger partial charge in [-0.1, -0.05) is 81.8 Å². The van der Waals surface area contributed by atoms with E-state index in [-0.39, 0.29) is 20.1 Å². The van der Waals surface area contributed by atoms with E-state index < -0.39 is 0 Å². The summed E-state index contributed by atoms with van der Waals surface area (Å²) in [6.45, 7) is 10.9. The van der Waals surface area contributed by atoms with Gasteiger partial charge >= 0.3 is 0 Å². The summed E-state index contributed by atoms with van der Waals surface area (Å²) in [7, 11) is 0. The molecule has 5 aromatic rings. The van der Waals surface area contributed by atoms with Gasteiger partial charge in [0.05, 0.1) is 0 Å². The number of nitrogens with zero attached hydrogens (tertiary/aromatic N) is 2. The Labute approximate surface area is 248 Å². The predicted molar refractivity (Wildman–Crippen MR) is 159 cm³/mol. The Morgan fingerprint density at radius 3 is 2.15 bits per heavy atom. The van der Waals surface area contributed by atoms with Gasteiger partial charge in [0.25, 0.3) is 0 Å². The Morgan fingerprint density at radius 2 is 1.49 bits per heavy atom. The molecule has 1 radical (unpaired) electrons. The maximum absolute atomic E-state index is 4.51. The van der Waals surface area contributed by atoms with E-state index in [1.165, 1.54) is 27.8 Å². The molecule has 3 heteroatoms. The van der Waals surface area contributed by atoms with Crippen LogP contribution in [0.5, 0.6) is 0 Å². The Hall–Kier alpha value is -3.39. The topological polar surface area (TPSA) is 25.8 Å². The van der Waals surface area contributed by atoms with Gasteiger partial charge in [-0.25, -0.2) is 0 Å². The van der Waals surface area contributed by atoms with Crippen molar-refractivity contribution in [1.29, 1.82) is 0 Å². The van der Waals surface area contributed by atoms with Crippen molar-refractivity contribution in [2.75, 3.05) is 0 Å². The summed E-state index contributed by atoms with van der Waals surface area (Å²) in [5.41, 5.74) is 10.6. The van der Waals surface area contributed by atoms with E-state index in [2.05, 4.69) is 111 Å². The number of hydrogen-bond donors (Lipinski definition) is 0. The Morgan fingerprint density at radius 1 is 0.718 bits per heavy atom. The molecule has 0 bridgehead atoms. The number of benzene rings is 3. The molecule has 1 atom stereocenters. The molecule has 0 spiro atoms. The second-order valence-electron chi connectivity index (χ2n) is 10.3. The van der Waals surface area contributed by atoms with Crippen molar-refractivity contribution in [1.82, 2.24) is 9.97 Å². The zero-order valence-corrected chi connectivity index (χ0v) is 25.8. The summed E-state index contributed by atoms with van der Waals surface area (Å²) >= 11 is 0. The van der Waals surface area contributed by atoms with Gasteiger partial charge in [0.15, 0.2) is 0 Å². The molecular formula is C36H36IrN2-2. The molecule has 0 saturated carbocycles. The molecule has 5 rings (SSSR count). The minimum atomic E-state index is 0. The molecule has 2 heterocycles. The monoisotopic (exact) mass is 689 g/mol. The van der Waals surface area contributed by atoms with Gasteiger partial charge in [0.2, 0.25) is 0 Å². The molecule has 1 unspecified atom stereocenters. The van der Waals surface area contributed by atoms with Crippen LogP contribution in [0.25, 0.3) is 22.5 Å². The zero-order chi connectivity index (χ0) is 26.9. The molecule has 0 fully saturated rings. The molecule has 2 nitrogen and oxygen atoms in total. The second-order valence-corrected chi connectivity index (χ2v) is 10.3. The fraction of sp³-hybridized carbons (Fsp3) is 0.222. The smallest absolute Gasteiger partial charge is 0.0192 e. The van der Waals surface area contributed by atoms with Crippen molar-refractivity contribution < 1.29 is 20.1 Å².